The summed E-state index contributed by atoms with van der Waals surface area (Å²) in [4.78, 5) is 0. The molecule has 0 aliphatic carbocycles. The van der Waals surface area contributed by atoms with Gasteiger partial charge in [0.15, 0.2) is 27.9 Å². The van der Waals surface area contributed by atoms with Crippen LogP contribution in [-0.2, 0) is 0 Å². The molecule has 0 fully saturated rings. The van der Waals surface area contributed by atoms with Gasteiger partial charge < -0.3 is 70.5 Å². The standard InChI is InChI=1S/C26H16BO3.3C24H16BO3.C18H12BO3/c28-27-30-24-10-4-9-22-21-8-3-7-20(25(21)29-26(22)24)18-14-13-17-12-11-16-5-1-2-6-19(16)23(17)15-18;26-25-28-22-14-6-13-21-20-12-5-11-19(23(20)27-24(21)22)18-10-4-9-17(15-18)16-7-2-1-3-8-16;26-25-28-22-11-5-10-21-20-9-4-8-19(23(20)27-24(21)22)18-14-12-17(13-15-18)16-6-2-1-3-7-16;26-25-28-22-15-7-14-21-20-13-6-12-19(23(20)27-24(21)22)18-11-5-4-10-17(18)16-8-2-1-3-9-16;20-19-22-16-11-5-10-15-14-9-4-8-13(17(14)21-18(15)16)12-6-2-1-3-7-12/h1-15,28H;3*1-15,26H;1-11,20H. The number of hydrogen-bond acceptors (Lipinski definition) is 15. The van der Waals surface area contributed by atoms with E-state index in [0.29, 0.717) is 95.1 Å². The summed E-state index contributed by atoms with van der Waals surface area (Å²) in [7, 11) is 3.36. The lowest BCUT2D eigenvalue weighted by molar-refractivity contribution is 0.450. The molecule has 5 heterocycles. The largest absolute Gasteiger partial charge is 0.569 e. The molecule has 645 valence electrons. The van der Waals surface area contributed by atoms with Gasteiger partial charge in [0.05, 0.1) is 0 Å². The van der Waals surface area contributed by atoms with E-state index in [1.54, 1.807) is 30.3 Å². The predicted molar refractivity (Wildman–Crippen MR) is 550 cm³/mol. The second-order valence-electron chi connectivity index (χ2n) is 32.1. The van der Waals surface area contributed by atoms with Crippen molar-refractivity contribution in [2.24, 2.45) is 0 Å². The zero-order valence-corrected chi connectivity index (χ0v) is 72.7. The molecule has 5 N–H and O–H groups in total. The normalized spacial score (nSPS) is 11.1. The molecule has 0 atom stereocenters. The van der Waals surface area contributed by atoms with Gasteiger partial charge in [-0.15, -0.1) is 0 Å². The van der Waals surface area contributed by atoms with Crippen molar-refractivity contribution in [3.05, 3.63) is 431 Å². The summed E-state index contributed by atoms with van der Waals surface area (Å²) in [5.41, 5.74) is 24.7. The molecule has 25 rings (SSSR count). The Balaban J connectivity index is 0.000000102. The maximum absolute atomic E-state index is 9.08. The number of para-hydroxylation sites is 10. The molecule has 0 bridgehead atoms. The first-order chi connectivity index (χ1) is 67.3. The first-order valence-corrected chi connectivity index (χ1v) is 44.1. The summed E-state index contributed by atoms with van der Waals surface area (Å²) in [5.74, 6) is 2.44. The summed E-state index contributed by atoms with van der Waals surface area (Å²) in [6.07, 6.45) is 0. The molecule has 0 aliphatic heterocycles. The topological polar surface area (TPSA) is 213 Å². The fourth-order valence-electron chi connectivity index (χ4n) is 18.2. The highest BCUT2D eigenvalue weighted by molar-refractivity contribution is 6.23. The van der Waals surface area contributed by atoms with E-state index in [1.165, 1.54) is 38.2 Å². The first kappa shape index (κ1) is 85.8. The summed E-state index contributed by atoms with van der Waals surface area (Å²) in [6, 6.07) is 145. The summed E-state index contributed by atoms with van der Waals surface area (Å²) >= 11 is 0. The van der Waals surface area contributed by atoms with Crippen molar-refractivity contribution in [2.75, 3.05) is 0 Å². The molecule has 20 heteroatoms. The number of furan rings is 5. The van der Waals surface area contributed by atoms with E-state index in [4.69, 9.17) is 70.5 Å². The molecule has 15 nitrogen and oxygen atoms in total. The van der Waals surface area contributed by atoms with Crippen molar-refractivity contribution in [1.29, 1.82) is 0 Å². The maximum Gasteiger partial charge on any atom is 0.569 e. The Kier molecular flexibility index (Phi) is 24.5. The van der Waals surface area contributed by atoms with Crippen LogP contribution in [0.3, 0.4) is 0 Å². The third-order valence-corrected chi connectivity index (χ3v) is 24.4. The third kappa shape index (κ3) is 16.8. The molecule has 136 heavy (non-hydrogen) atoms. The number of hydrogen-bond donors (Lipinski definition) is 5. The third-order valence-electron chi connectivity index (χ3n) is 24.4. The Morgan fingerprint density at radius 3 is 0.750 bits per heavy atom. The zero-order chi connectivity index (χ0) is 91.8. The van der Waals surface area contributed by atoms with Gasteiger partial charge in [-0.3, -0.25) is 0 Å². The molecule has 0 saturated carbocycles. The van der Waals surface area contributed by atoms with Gasteiger partial charge in [-0.1, -0.05) is 388 Å². The van der Waals surface area contributed by atoms with Crippen LogP contribution in [0, 0.1) is 0 Å². The maximum atomic E-state index is 9.08. The van der Waals surface area contributed by atoms with Gasteiger partial charge >= 0.3 is 38.4 Å². The van der Waals surface area contributed by atoms with E-state index < -0.39 is 0 Å². The Bertz CT molecular complexity index is 8640. The predicted octanol–water partition coefficient (Wildman–Crippen LogP) is 28.1. The number of benzene rings is 20. The van der Waals surface area contributed by atoms with Crippen molar-refractivity contribution in [1.82, 2.24) is 0 Å². The minimum Gasteiger partial charge on any atom is -0.535 e. The van der Waals surface area contributed by atoms with Crippen molar-refractivity contribution in [3.8, 4) is 118 Å². The van der Waals surface area contributed by atoms with Crippen LogP contribution in [0.15, 0.2) is 453 Å². The van der Waals surface area contributed by atoms with Crippen LogP contribution in [0.5, 0.6) is 28.7 Å². The molecule has 5 radical (unpaired) electrons. The average molecular weight is 1760 g/mol. The Hall–Kier alpha value is -17.0. The smallest absolute Gasteiger partial charge is 0.535 e. The van der Waals surface area contributed by atoms with Gasteiger partial charge in [0.2, 0.25) is 0 Å². The monoisotopic (exact) mass is 1760 g/mol. The highest BCUT2D eigenvalue weighted by atomic mass is 16.5. The summed E-state index contributed by atoms with van der Waals surface area (Å²) in [6.45, 7) is 0. The highest BCUT2D eigenvalue weighted by Gasteiger charge is 2.24. The van der Waals surface area contributed by atoms with Crippen molar-refractivity contribution in [2.45, 2.75) is 0 Å². The van der Waals surface area contributed by atoms with E-state index in [2.05, 4.69) is 188 Å². The second-order valence-corrected chi connectivity index (χ2v) is 32.1. The van der Waals surface area contributed by atoms with Gasteiger partial charge in [0, 0.05) is 81.7 Å². The van der Waals surface area contributed by atoms with E-state index in [0.717, 1.165) is 154 Å². The van der Waals surface area contributed by atoms with Crippen LogP contribution in [0.25, 0.3) is 220 Å². The van der Waals surface area contributed by atoms with Crippen molar-refractivity contribution in [3.63, 3.8) is 0 Å². The molecular weight excluding hydrogens is 1690 g/mol. The second kappa shape index (κ2) is 38.8. The molecule has 0 aliphatic rings. The zero-order valence-electron chi connectivity index (χ0n) is 72.7. The molecule has 25 aromatic rings. The van der Waals surface area contributed by atoms with Gasteiger partial charge in [-0.2, -0.15) is 0 Å². The molecule has 20 aromatic carbocycles. The van der Waals surface area contributed by atoms with Crippen LogP contribution < -0.4 is 23.3 Å². The van der Waals surface area contributed by atoms with E-state index in [1.807, 2.05) is 212 Å². The average Bonchev–Trinajstić information content (AvgIpc) is 1.61. The molecule has 0 saturated heterocycles. The molecule has 0 unspecified atom stereocenters. The highest BCUT2D eigenvalue weighted by Crippen LogP contribution is 2.48. The summed E-state index contributed by atoms with van der Waals surface area (Å²) < 4.78 is 57.0. The van der Waals surface area contributed by atoms with Gasteiger partial charge in [0.1, 0.15) is 56.7 Å². The van der Waals surface area contributed by atoms with E-state index in [-0.39, 0.29) is 0 Å². The van der Waals surface area contributed by atoms with Gasteiger partial charge in [-0.25, -0.2) is 0 Å². The molecule has 0 spiro atoms. The Morgan fingerprint density at radius 1 is 0.140 bits per heavy atom. The number of fused-ring (bicyclic) bond motifs is 18. The van der Waals surface area contributed by atoms with Crippen molar-refractivity contribution >= 4 is 170 Å². The van der Waals surface area contributed by atoms with Crippen LogP contribution in [0.1, 0.15) is 0 Å². The fourth-order valence-corrected chi connectivity index (χ4v) is 18.2. The lowest BCUT2D eigenvalue weighted by Gasteiger charge is -2.10. The lowest BCUT2D eigenvalue weighted by Crippen LogP contribution is -1.99. The fraction of sp³-hybridized carbons (Fsp3) is 0. The first-order valence-electron chi connectivity index (χ1n) is 44.1. The Labute approximate surface area is 783 Å². The summed E-state index contributed by atoms with van der Waals surface area (Å²) in [5, 5.41) is 59.9. The van der Waals surface area contributed by atoms with Gasteiger partial charge in [0.25, 0.3) is 0 Å². The Morgan fingerprint density at radius 2 is 0.360 bits per heavy atom. The lowest BCUT2D eigenvalue weighted by atomic mass is 9.93. The number of rotatable bonds is 18. The van der Waals surface area contributed by atoms with Crippen molar-refractivity contribution < 1.29 is 70.5 Å². The molecule has 0 amide bonds. The van der Waals surface area contributed by atoms with Gasteiger partial charge in [-0.05, 0) is 125 Å². The molecular formula is C116H76B5O15. The van der Waals surface area contributed by atoms with Crippen LogP contribution in [-0.4, -0.2) is 63.5 Å². The SMILES string of the molecule is O[B]Oc1cccc2c1oc1c(-c3ccc(-c4ccccc4)cc3)cccc12.O[B]Oc1cccc2c1oc1c(-c3ccc4ccc5ccccc5c4c3)cccc12.O[B]Oc1cccc2c1oc1c(-c3cccc(-c4ccccc4)c3)cccc12.O[B]Oc1cccc2c1oc1c(-c3ccccc3)cccc12.O[B]Oc1cccc2c1oc1c(-c3ccccc3-c3ccccc3)cccc12. The van der Waals surface area contributed by atoms with Crippen LogP contribution >= 0.6 is 0 Å². The van der Waals surface area contributed by atoms with Crippen LogP contribution in [0.2, 0.25) is 0 Å². The quantitative estimate of drug-likeness (QED) is 0.0399. The van der Waals surface area contributed by atoms with E-state index >= 15 is 0 Å². The minimum absolute atomic E-state index is 0.485. The minimum atomic E-state index is 0.485. The van der Waals surface area contributed by atoms with Crippen LogP contribution in [0.4, 0.5) is 0 Å². The molecule has 5 aromatic heterocycles. The van der Waals surface area contributed by atoms with E-state index in [9.17, 15) is 0 Å².